The van der Waals surface area contributed by atoms with E-state index in [2.05, 4.69) is 42.2 Å². The molecule has 0 aromatic heterocycles. The summed E-state index contributed by atoms with van der Waals surface area (Å²) in [5, 5.41) is 0. The minimum absolute atomic E-state index is 0.143. The molecule has 2 aliphatic rings. The van der Waals surface area contributed by atoms with Gasteiger partial charge >= 0.3 is 0 Å². The van der Waals surface area contributed by atoms with Crippen LogP contribution in [0.2, 0.25) is 0 Å². The molecule has 2 aromatic carbocycles. The number of nitrogens with two attached hydrogens (primary N) is 1. The number of aryl methyl sites for hydroxylation is 1. The number of methoxy groups -OCH3 is 2. The van der Waals surface area contributed by atoms with E-state index in [9.17, 15) is 0 Å². The minimum atomic E-state index is 0.143. The lowest BCUT2D eigenvalue weighted by Gasteiger charge is -2.46. The molecule has 5 heteroatoms. The van der Waals surface area contributed by atoms with E-state index in [1.807, 2.05) is 6.07 Å². The molecule has 2 heterocycles. The molecule has 1 saturated heterocycles. The summed E-state index contributed by atoms with van der Waals surface area (Å²) in [4.78, 5) is 2.60. The van der Waals surface area contributed by atoms with E-state index in [0.717, 1.165) is 37.4 Å². The monoisotopic (exact) mass is 396 g/mol. The third-order valence-corrected chi connectivity index (χ3v) is 6.38. The van der Waals surface area contributed by atoms with Gasteiger partial charge in [0.05, 0.1) is 13.7 Å². The summed E-state index contributed by atoms with van der Waals surface area (Å²) in [7, 11) is 3.38. The highest BCUT2D eigenvalue weighted by atomic mass is 16.5. The number of hydrogen-bond acceptors (Lipinski definition) is 5. The van der Waals surface area contributed by atoms with Gasteiger partial charge in [0.2, 0.25) is 0 Å². The van der Waals surface area contributed by atoms with Gasteiger partial charge in [-0.15, -0.1) is 0 Å². The Bertz CT molecular complexity index is 854. The summed E-state index contributed by atoms with van der Waals surface area (Å²) < 4.78 is 16.8. The molecule has 5 nitrogen and oxygen atoms in total. The largest absolute Gasteiger partial charge is 0.493 e. The fraction of sp³-hybridized carbons (Fsp3) is 0.500. The van der Waals surface area contributed by atoms with Crippen LogP contribution in [0.25, 0.3) is 0 Å². The van der Waals surface area contributed by atoms with E-state index in [4.69, 9.17) is 19.9 Å². The van der Waals surface area contributed by atoms with E-state index in [1.165, 1.54) is 22.3 Å². The van der Waals surface area contributed by atoms with Crippen molar-refractivity contribution in [3.05, 3.63) is 58.7 Å². The first-order valence-electron chi connectivity index (χ1n) is 10.5. The molecule has 0 aliphatic carbocycles. The van der Waals surface area contributed by atoms with Gasteiger partial charge in [-0.05, 0) is 37.0 Å². The summed E-state index contributed by atoms with van der Waals surface area (Å²) in [6.45, 7) is 5.25. The number of benzene rings is 2. The SMILES string of the molecule is COCCOc1c(OC)ccc2c1CCN1CC(c3cccc(C)c3)C(N)CC21. The van der Waals surface area contributed by atoms with Gasteiger partial charge in [-0.25, -0.2) is 0 Å². The van der Waals surface area contributed by atoms with E-state index in [0.29, 0.717) is 25.2 Å². The van der Waals surface area contributed by atoms with Gasteiger partial charge in [-0.2, -0.15) is 0 Å². The third kappa shape index (κ3) is 4.00. The van der Waals surface area contributed by atoms with Crippen LogP contribution in [0.4, 0.5) is 0 Å². The Morgan fingerprint density at radius 1 is 1.14 bits per heavy atom. The average Bonchev–Trinajstić information content (AvgIpc) is 2.73. The first-order valence-corrected chi connectivity index (χ1v) is 10.5. The second-order valence-electron chi connectivity index (χ2n) is 8.19. The maximum absolute atomic E-state index is 6.72. The zero-order valence-corrected chi connectivity index (χ0v) is 17.7. The van der Waals surface area contributed by atoms with Crippen LogP contribution in [0.5, 0.6) is 11.5 Å². The predicted molar refractivity (Wildman–Crippen MR) is 115 cm³/mol. The Hall–Kier alpha value is -2.08. The Morgan fingerprint density at radius 3 is 2.76 bits per heavy atom. The second kappa shape index (κ2) is 8.74. The van der Waals surface area contributed by atoms with Crippen molar-refractivity contribution in [2.24, 2.45) is 5.73 Å². The fourth-order valence-electron chi connectivity index (χ4n) is 4.90. The Morgan fingerprint density at radius 2 is 2.00 bits per heavy atom. The summed E-state index contributed by atoms with van der Waals surface area (Å²) in [5.74, 6) is 2.05. The zero-order valence-electron chi connectivity index (χ0n) is 17.7. The molecule has 1 fully saturated rings. The lowest BCUT2D eigenvalue weighted by Crippen LogP contribution is -2.49. The van der Waals surface area contributed by atoms with Gasteiger partial charge < -0.3 is 19.9 Å². The molecule has 2 aromatic rings. The van der Waals surface area contributed by atoms with Crippen LogP contribution in [0.1, 0.15) is 40.6 Å². The minimum Gasteiger partial charge on any atom is -0.493 e. The maximum atomic E-state index is 6.72. The van der Waals surface area contributed by atoms with Crippen molar-refractivity contribution in [2.45, 2.75) is 37.8 Å². The molecular formula is C24H32N2O3. The lowest BCUT2D eigenvalue weighted by atomic mass is 9.78. The van der Waals surface area contributed by atoms with Gasteiger partial charge in [0.1, 0.15) is 6.61 Å². The zero-order chi connectivity index (χ0) is 20.4. The van der Waals surface area contributed by atoms with Crippen LogP contribution in [-0.4, -0.2) is 51.5 Å². The van der Waals surface area contributed by atoms with Gasteiger partial charge in [-0.1, -0.05) is 35.9 Å². The molecule has 2 aliphatic heterocycles. The van der Waals surface area contributed by atoms with Crippen molar-refractivity contribution in [1.29, 1.82) is 0 Å². The molecule has 156 valence electrons. The first kappa shape index (κ1) is 20.2. The fourth-order valence-corrected chi connectivity index (χ4v) is 4.90. The average molecular weight is 397 g/mol. The Balaban J connectivity index is 1.60. The van der Waals surface area contributed by atoms with Gasteiger partial charge in [0, 0.05) is 43.8 Å². The molecule has 0 radical (unpaired) electrons. The number of hydrogen-bond donors (Lipinski definition) is 1. The molecule has 2 N–H and O–H groups in total. The summed E-state index contributed by atoms with van der Waals surface area (Å²) >= 11 is 0. The molecule has 0 saturated carbocycles. The summed E-state index contributed by atoms with van der Waals surface area (Å²) in [6.07, 6.45) is 1.91. The van der Waals surface area contributed by atoms with Crippen LogP contribution in [-0.2, 0) is 11.2 Å². The van der Waals surface area contributed by atoms with Gasteiger partial charge in [-0.3, -0.25) is 4.90 Å². The van der Waals surface area contributed by atoms with E-state index in [1.54, 1.807) is 14.2 Å². The van der Waals surface area contributed by atoms with Gasteiger partial charge in [0.25, 0.3) is 0 Å². The first-order chi connectivity index (χ1) is 14.1. The van der Waals surface area contributed by atoms with Crippen LogP contribution in [0.15, 0.2) is 36.4 Å². The van der Waals surface area contributed by atoms with E-state index in [-0.39, 0.29) is 6.04 Å². The highest BCUT2D eigenvalue weighted by molar-refractivity contribution is 5.53. The van der Waals surface area contributed by atoms with Crippen molar-refractivity contribution in [3.63, 3.8) is 0 Å². The number of ether oxygens (including phenoxy) is 3. The lowest BCUT2D eigenvalue weighted by molar-refractivity contribution is 0.107. The number of nitrogens with zero attached hydrogens (tertiary/aromatic N) is 1. The van der Waals surface area contributed by atoms with Gasteiger partial charge in [0.15, 0.2) is 11.5 Å². The normalized spacial score (nSPS) is 23.9. The molecule has 29 heavy (non-hydrogen) atoms. The molecule has 3 atom stereocenters. The number of piperidine rings is 1. The molecular weight excluding hydrogens is 364 g/mol. The predicted octanol–water partition coefficient (Wildman–Crippen LogP) is 3.44. The highest BCUT2D eigenvalue weighted by Gasteiger charge is 2.39. The van der Waals surface area contributed by atoms with Crippen LogP contribution < -0.4 is 15.2 Å². The summed E-state index contributed by atoms with van der Waals surface area (Å²) in [6, 6.07) is 13.5. The van der Waals surface area contributed by atoms with Crippen LogP contribution in [0, 0.1) is 6.92 Å². The van der Waals surface area contributed by atoms with Crippen molar-refractivity contribution in [3.8, 4) is 11.5 Å². The van der Waals surface area contributed by atoms with E-state index < -0.39 is 0 Å². The second-order valence-corrected chi connectivity index (χ2v) is 8.19. The molecule has 3 unspecified atom stereocenters. The van der Waals surface area contributed by atoms with Crippen molar-refractivity contribution in [2.75, 3.05) is 40.5 Å². The smallest absolute Gasteiger partial charge is 0.164 e. The molecule has 0 amide bonds. The topological polar surface area (TPSA) is 57.0 Å². The molecule has 0 bridgehead atoms. The highest BCUT2D eigenvalue weighted by Crippen LogP contribution is 2.45. The maximum Gasteiger partial charge on any atom is 0.164 e. The standard InChI is InChI=1S/C24H32N2O3/c1-16-5-4-6-17(13-16)20-15-26-10-9-19-18(22(26)14-21(20)25)7-8-23(28-3)24(19)29-12-11-27-2/h4-8,13,20-22H,9-12,14-15,25H2,1-3H3. The van der Waals surface area contributed by atoms with Crippen LogP contribution in [0.3, 0.4) is 0 Å². The van der Waals surface area contributed by atoms with Crippen molar-refractivity contribution < 1.29 is 14.2 Å². The quantitative estimate of drug-likeness (QED) is 0.758. The summed E-state index contributed by atoms with van der Waals surface area (Å²) in [5.41, 5.74) is 12.0. The number of fused-ring (bicyclic) bond motifs is 3. The van der Waals surface area contributed by atoms with Crippen molar-refractivity contribution >= 4 is 0 Å². The van der Waals surface area contributed by atoms with Crippen molar-refractivity contribution in [1.82, 2.24) is 4.90 Å². The van der Waals surface area contributed by atoms with Crippen LogP contribution >= 0.6 is 0 Å². The Labute approximate surface area is 173 Å². The van der Waals surface area contributed by atoms with E-state index >= 15 is 0 Å². The third-order valence-electron chi connectivity index (χ3n) is 6.38. The molecule has 4 rings (SSSR count). The Kier molecular flexibility index (Phi) is 6.09. The number of rotatable bonds is 6. The molecule has 0 spiro atoms.